The van der Waals surface area contributed by atoms with Crippen LogP contribution in [0, 0.1) is 12.0 Å². The van der Waals surface area contributed by atoms with Crippen LogP contribution in [0.5, 0.6) is 0 Å². The quantitative estimate of drug-likeness (QED) is 0.636. The Morgan fingerprint density at radius 1 is 1.33 bits per heavy atom. The highest BCUT2D eigenvalue weighted by atomic mass is 35.5. The molecule has 1 aromatic carbocycles. The van der Waals surface area contributed by atoms with E-state index < -0.39 is 0 Å². The summed E-state index contributed by atoms with van der Waals surface area (Å²) in [6.45, 7) is 2.25. The Labute approximate surface area is 77.3 Å². The lowest BCUT2D eigenvalue weighted by Gasteiger charge is -1.97. The van der Waals surface area contributed by atoms with Gasteiger partial charge in [0.15, 0.2) is 0 Å². The van der Waals surface area contributed by atoms with Crippen molar-refractivity contribution in [3.63, 3.8) is 0 Å². The number of hydrogen-bond donors (Lipinski definition) is 0. The molecule has 0 bridgehead atoms. The van der Waals surface area contributed by atoms with Crippen molar-refractivity contribution in [1.82, 2.24) is 0 Å². The molecule has 0 radical (unpaired) electrons. The van der Waals surface area contributed by atoms with E-state index in [9.17, 15) is 0 Å². The summed E-state index contributed by atoms with van der Waals surface area (Å²) in [5.74, 6) is 2.65. The molecule has 0 unspecified atom stereocenters. The minimum atomic E-state index is 0.512. The van der Waals surface area contributed by atoms with Crippen LogP contribution in [0.4, 0.5) is 0 Å². The summed E-state index contributed by atoms with van der Waals surface area (Å²) in [7, 11) is 0. The van der Waals surface area contributed by atoms with Crippen LogP contribution in [0.15, 0.2) is 24.3 Å². The minimum absolute atomic E-state index is 0.512. The van der Waals surface area contributed by atoms with Crippen molar-refractivity contribution >= 4 is 11.6 Å². The molecule has 0 spiro atoms. The third kappa shape index (κ3) is 2.86. The summed E-state index contributed by atoms with van der Waals surface area (Å²) in [6, 6.07) is 7.50. The molecule has 0 aliphatic heterocycles. The fraction of sp³-hybridized carbons (Fsp3) is 0.200. The zero-order valence-corrected chi connectivity index (χ0v) is 7.56. The number of rotatable bonds is 2. The molecule has 0 fully saturated rings. The van der Waals surface area contributed by atoms with Gasteiger partial charge in [0.25, 0.3) is 0 Å². The number of halogens is 1. The van der Waals surface area contributed by atoms with Crippen molar-refractivity contribution in [3.05, 3.63) is 34.9 Å². The molecule has 0 heterocycles. The van der Waals surface area contributed by atoms with E-state index in [-0.39, 0.29) is 0 Å². The van der Waals surface area contributed by atoms with Crippen molar-refractivity contribution < 1.29 is 4.74 Å². The van der Waals surface area contributed by atoms with Crippen LogP contribution in [-0.2, 0) is 11.3 Å². The third-order valence-corrected chi connectivity index (χ3v) is 1.58. The summed E-state index contributed by atoms with van der Waals surface area (Å²) in [5, 5.41) is 0.736. The first-order chi connectivity index (χ1) is 5.83. The molecule has 1 nitrogen and oxygen atoms in total. The van der Waals surface area contributed by atoms with Gasteiger partial charge in [0.05, 0.1) is 0 Å². The van der Waals surface area contributed by atoms with Crippen LogP contribution >= 0.6 is 11.6 Å². The smallest absolute Gasteiger partial charge is 0.125 e. The first kappa shape index (κ1) is 8.96. The Bertz CT molecular complexity index is 292. The average Bonchev–Trinajstić information content (AvgIpc) is 2.09. The Morgan fingerprint density at radius 2 is 2.00 bits per heavy atom. The van der Waals surface area contributed by atoms with Gasteiger partial charge in [0.1, 0.15) is 12.7 Å². The predicted molar refractivity (Wildman–Crippen MR) is 49.7 cm³/mol. The van der Waals surface area contributed by atoms with E-state index in [2.05, 4.69) is 12.0 Å². The second-order valence-electron chi connectivity index (χ2n) is 2.27. The molecule has 0 aliphatic carbocycles. The van der Waals surface area contributed by atoms with E-state index in [0.717, 1.165) is 10.6 Å². The monoisotopic (exact) mass is 180 g/mol. The van der Waals surface area contributed by atoms with Crippen LogP contribution in [0.2, 0.25) is 5.02 Å². The fourth-order valence-corrected chi connectivity index (χ4v) is 0.898. The van der Waals surface area contributed by atoms with Crippen molar-refractivity contribution in [2.75, 3.05) is 0 Å². The molecule has 0 atom stereocenters. The summed E-state index contributed by atoms with van der Waals surface area (Å²) in [6.07, 6.45) is 2.53. The molecule has 0 N–H and O–H groups in total. The van der Waals surface area contributed by atoms with Gasteiger partial charge in [-0.3, -0.25) is 0 Å². The molecule has 0 amide bonds. The van der Waals surface area contributed by atoms with Gasteiger partial charge in [-0.25, -0.2) is 0 Å². The Morgan fingerprint density at radius 3 is 2.58 bits per heavy atom. The molecular weight excluding hydrogens is 172 g/mol. The van der Waals surface area contributed by atoms with Gasteiger partial charge in [-0.05, 0) is 17.7 Å². The van der Waals surface area contributed by atoms with Gasteiger partial charge in [0, 0.05) is 11.9 Å². The second-order valence-corrected chi connectivity index (χ2v) is 2.70. The fourth-order valence-electron chi connectivity index (χ4n) is 0.772. The van der Waals surface area contributed by atoms with Crippen LogP contribution in [0.25, 0.3) is 0 Å². The topological polar surface area (TPSA) is 9.23 Å². The Balaban J connectivity index is 2.51. The second kappa shape index (κ2) is 4.69. The molecule has 1 aromatic rings. The molecule has 0 saturated carbocycles. The van der Waals surface area contributed by atoms with E-state index in [0.29, 0.717) is 6.61 Å². The Hall–Kier alpha value is -1.13. The zero-order valence-electron chi connectivity index (χ0n) is 6.80. The lowest BCUT2D eigenvalue weighted by Crippen LogP contribution is -1.85. The van der Waals surface area contributed by atoms with Crippen molar-refractivity contribution in [3.8, 4) is 12.0 Å². The predicted octanol–water partition coefficient (Wildman–Crippen LogP) is 2.84. The molecular formula is C10H9ClO. The van der Waals surface area contributed by atoms with Crippen molar-refractivity contribution in [1.29, 1.82) is 0 Å². The van der Waals surface area contributed by atoms with Gasteiger partial charge < -0.3 is 4.74 Å². The van der Waals surface area contributed by atoms with Crippen LogP contribution < -0.4 is 0 Å². The molecule has 0 saturated heterocycles. The molecule has 62 valence electrons. The summed E-state index contributed by atoms with van der Waals surface area (Å²) < 4.78 is 5.00. The number of hydrogen-bond acceptors (Lipinski definition) is 1. The highest BCUT2D eigenvalue weighted by Gasteiger charge is 1.90. The molecule has 2 heteroatoms. The SMILES string of the molecule is CC#COCc1ccc(Cl)cc1. The van der Waals surface area contributed by atoms with Gasteiger partial charge in [0.2, 0.25) is 0 Å². The first-order valence-corrected chi connectivity index (χ1v) is 3.98. The largest absolute Gasteiger partial charge is 0.442 e. The average molecular weight is 181 g/mol. The van der Waals surface area contributed by atoms with Crippen LogP contribution in [-0.4, -0.2) is 0 Å². The first-order valence-electron chi connectivity index (χ1n) is 3.61. The van der Waals surface area contributed by atoms with Gasteiger partial charge in [-0.2, -0.15) is 0 Å². The normalized spacial score (nSPS) is 8.50. The number of ether oxygens (including phenoxy) is 1. The van der Waals surface area contributed by atoms with E-state index in [4.69, 9.17) is 16.3 Å². The van der Waals surface area contributed by atoms with E-state index in [1.54, 1.807) is 6.92 Å². The maximum absolute atomic E-state index is 5.70. The molecule has 0 aromatic heterocycles. The number of benzene rings is 1. The molecule has 12 heavy (non-hydrogen) atoms. The molecule has 1 rings (SSSR count). The summed E-state index contributed by atoms with van der Waals surface area (Å²) in [5.41, 5.74) is 1.07. The maximum atomic E-state index is 5.70. The zero-order chi connectivity index (χ0) is 8.81. The molecule has 0 aliphatic rings. The van der Waals surface area contributed by atoms with E-state index >= 15 is 0 Å². The van der Waals surface area contributed by atoms with Crippen molar-refractivity contribution in [2.45, 2.75) is 13.5 Å². The van der Waals surface area contributed by atoms with E-state index in [1.807, 2.05) is 24.3 Å². The Kier molecular flexibility index (Phi) is 3.50. The van der Waals surface area contributed by atoms with Gasteiger partial charge in [-0.1, -0.05) is 29.7 Å². The standard InChI is InChI=1S/C10H9ClO/c1-2-7-12-8-9-3-5-10(11)6-4-9/h3-6H,8H2,1H3. The summed E-state index contributed by atoms with van der Waals surface area (Å²) in [4.78, 5) is 0. The lowest BCUT2D eigenvalue weighted by atomic mass is 10.2. The van der Waals surface area contributed by atoms with Crippen LogP contribution in [0.3, 0.4) is 0 Å². The minimum Gasteiger partial charge on any atom is -0.442 e. The summed E-state index contributed by atoms with van der Waals surface area (Å²) >= 11 is 5.70. The van der Waals surface area contributed by atoms with Crippen LogP contribution in [0.1, 0.15) is 12.5 Å². The highest BCUT2D eigenvalue weighted by Crippen LogP contribution is 2.09. The third-order valence-electron chi connectivity index (χ3n) is 1.33. The van der Waals surface area contributed by atoms with Crippen molar-refractivity contribution in [2.24, 2.45) is 0 Å². The maximum Gasteiger partial charge on any atom is 0.125 e. The lowest BCUT2D eigenvalue weighted by molar-refractivity contribution is 0.265. The van der Waals surface area contributed by atoms with Gasteiger partial charge in [-0.15, -0.1) is 0 Å². The van der Waals surface area contributed by atoms with E-state index in [1.165, 1.54) is 0 Å². The highest BCUT2D eigenvalue weighted by molar-refractivity contribution is 6.30. The van der Waals surface area contributed by atoms with Gasteiger partial charge >= 0.3 is 0 Å².